The molecule has 5 rings (SSSR count). The van der Waals surface area contributed by atoms with Crippen molar-refractivity contribution >= 4 is 39.1 Å². The Balaban J connectivity index is 1.81. The van der Waals surface area contributed by atoms with Crippen LogP contribution < -0.4 is 9.47 Å². The van der Waals surface area contributed by atoms with Crippen LogP contribution in [0.25, 0.3) is 21.9 Å². The molecule has 0 saturated carbocycles. The molecule has 0 aliphatic carbocycles. The summed E-state index contributed by atoms with van der Waals surface area (Å²) in [5, 5.41) is 2.55. The fraction of sp³-hybridized carbons (Fsp3) is 0.0800. The SMILES string of the molecule is Cn1c2ccccc2c2ccc(N(c3ccccc3)c3ccccc3)[n+](C)c21. The van der Waals surface area contributed by atoms with E-state index in [1.54, 1.807) is 0 Å². The summed E-state index contributed by atoms with van der Waals surface area (Å²) in [6.45, 7) is 0. The van der Waals surface area contributed by atoms with Crippen LogP contribution in [0.1, 0.15) is 0 Å². The molecule has 0 saturated heterocycles. The van der Waals surface area contributed by atoms with Gasteiger partial charge in [-0.1, -0.05) is 54.6 Å². The van der Waals surface area contributed by atoms with Crippen LogP contribution in [0.2, 0.25) is 0 Å². The second kappa shape index (κ2) is 6.54. The molecule has 0 aliphatic rings. The van der Waals surface area contributed by atoms with Gasteiger partial charge < -0.3 is 0 Å². The average molecular weight is 364 g/mol. The molecule has 0 amide bonds. The lowest BCUT2D eigenvalue weighted by Crippen LogP contribution is -2.37. The van der Waals surface area contributed by atoms with E-state index in [1.807, 2.05) is 0 Å². The van der Waals surface area contributed by atoms with Crippen molar-refractivity contribution in [1.29, 1.82) is 0 Å². The lowest BCUT2D eigenvalue weighted by molar-refractivity contribution is -0.634. The highest BCUT2D eigenvalue weighted by Gasteiger charge is 2.24. The topological polar surface area (TPSA) is 12.1 Å². The molecule has 2 aromatic heterocycles. The largest absolute Gasteiger partial charge is 0.261 e. The van der Waals surface area contributed by atoms with Gasteiger partial charge in [-0.25, -0.2) is 9.47 Å². The summed E-state index contributed by atoms with van der Waals surface area (Å²) in [7, 11) is 4.29. The molecule has 28 heavy (non-hydrogen) atoms. The number of para-hydroxylation sites is 3. The highest BCUT2D eigenvalue weighted by atomic mass is 15.3. The lowest BCUT2D eigenvalue weighted by Gasteiger charge is -2.21. The molecular formula is C25H22N3+. The molecule has 0 bridgehead atoms. The first-order valence-electron chi connectivity index (χ1n) is 9.52. The van der Waals surface area contributed by atoms with Gasteiger partial charge in [0.2, 0.25) is 11.5 Å². The number of pyridine rings is 1. The number of nitrogens with zero attached hydrogens (tertiary/aromatic N) is 3. The van der Waals surface area contributed by atoms with Crippen LogP contribution >= 0.6 is 0 Å². The van der Waals surface area contributed by atoms with Crippen LogP contribution in [-0.4, -0.2) is 4.57 Å². The third-order valence-corrected chi connectivity index (χ3v) is 5.43. The second-order valence-corrected chi connectivity index (χ2v) is 7.07. The smallest absolute Gasteiger partial charge is 0.236 e. The minimum Gasteiger partial charge on any atom is -0.261 e. The van der Waals surface area contributed by atoms with E-state index in [0.29, 0.717) is 0 Å². The quantitative estimate of drug-likeness (QED) is 0.378. The van der Waals surface area contributed by atoms with Crippen molar-refractivity contribution in [3.63, 3.8) is 0 Å². The fourth-order valence-electron chi connectivity index (χ4n) is 4.15. The molecule has 0 aliphatic heterocycles. The van der Waals surface area contributed by atoms with E-state index in [2.05, 4.69) is 125 Å². The summed E-state index contributed by atoms with van der Waals surface area (Å²) in [5.41, 5.74) is 4.73. The normalized spacial score (nSPS) is 11.2. The predicted molar refractivity (Wildman–Crippen MR) is 116 cm³/mol. The third-order valence-electron chi connectivity index (χ3n) is 5.43. The number of aryl methyl sites for hydroxylation is 2. The maximum atomic E-state index is 2.30. The number of benzene rings is 3. The first kappa shape index (κ1) is 16.6. The minimum atomic E-state index is 1.12. The third kappa shape index (κ3) is 2.48. The Morgan fingerprint density at radius 2 is 1.21 bits per heavy atom. The van der Waals surface area contributed by atoms with Crippen molar-refractivity contribution in [2.45, 2.75) is 0 Å². The number of hydrogen-bond acceptors (Lipinski definition) is 1. The molecule has 2 heterocycles. The second-order valence-electron chi connectivity index (χ2n) is 7.07. The Morgan fingerprint density at radius 1 is 0.643 bits per heavy atom. The number of anilines is 3. The van der Waals surface area contributed by atoms with Crippen molar-refractivity contribution in [1.82, 2.24) is 4.57 Å². The van der Waals surface area contributed by atoms with Crippen molar-refractivity contribution in [3.8, 4) is 0 Å². The summed E-state index contributed by atoms with van der Waals surface area (Å²) in [6.07, 6.45) is 0. The lowest BCUT2D eigenvalue weighted by atomic mass is 10.2. The molecule has 0 N–H and O–H groups in total. The molecule has 3 aromatic carbocycles. The van der Waals surface area contributed by atoms with Gasteiger partial charge in [-0.2, -0.15) is 0 Å². The molecule has 0 fully saturated rings. The molecule has 0 unspecified atom stereocenters. The summed E-state index contributed by atoms with van der Waals surface area (Å²) >= 11 is 0. The van der Waals surface area contributed by atoms with Gasteiger partial charge in [-0.3, -0.25) is 4.57 Å². The molecule has 5 aromatic rings. The van der Waals surface area contributed by atoms with E-state index in [4.69, 9.17) is 0 Å². The van der Waals surface area contributed by atoms with Gasteiger partial charge in [-0.05, 0) is 36.4 Å². The predicted octanol–water partition coefficient (Wildman–Crippen LogP) is 5.63. The van der Waals surface area contributed by atoms with Gasteiger partial charge in [-0.15, -0.1) is 0 Å². The number of fused-ring (bicyclic) bond motifs is 3. The molecule has 3 nitrogen and oxygen atoms in total. The summed E-state index contributed by atoms with van der Waals surface area (Å²) in [6, 6.07) is 34.1. The zero-order valence-electron chi connectivity index (χ0n) is 16.1. The molecule has 3 heteroatoms. The van der Waals surface area contributed by atoms with E-state index in [9.17, 15) is 0 Å². The highest BCUT2D eigenvalue weighted by molar-refractivity contribution is 6.05. The summed E-state index contributed by atoms with van der Waals surface area (Å²) < 4.78 is 4.57. The van der Waals surface area contributed by atoms with Crippen molar-refractivity contribution < 1.29 is 4.57 Å². The van der Waals surface area contributed by atoms with Crippen molar-refractivity contribution in [2.24, 2.45) is 14.1 Å². The summed E-state index contributed by atoms with van der Waals surface area (Å²) in [5.74, 6) is 1.12. The van der Waals surface area contributed by atoms with Gasteiger partial charge in [0.25, 0.3) is 0 Å². The van der Waals surface area contributed by atoms with E-state index in [-0.39, 0.29) is 0 Å². The molecule has 136 valence electrons. The Kier molecular flexibility index (Phi) is 3.87. The highest BCUT2D eigenvalue weighted by Crippen LogP contribution is 2.34. The first-order valence-corrected chi connectivity index (χ1v) is 9.52. The molecule has 0 atom stereocenters. The van der Waals surface area contributed by atoms with Gasteiger partial charge in [0.1, 0.15) is 16.9 Å². The van der Waals surface area contributed by atoms with Crippen LogP contribution in [0.5, 0.6) is 0 Å². The number of hydrogen-bond donors (Lipinski definition) is 0. The zero-order chi connectivity index (χ0) is 19.1. The van der Waals surface area contributed by atoms with Gasteiger partial charge in [0.15, 0.2) is 0 Å². The minimum absolute atomic E-state index is 1.12. The van der Waals surface area contributed by atoms with Crippen molar-refractivity contribution in [3.05, 3.63) is 97.1 Å². The van der Waals surface area contributed by atoms with Crippen LogP contribution in [-0.2, 0) is 14.1 Å². The Bertz CT molecular complexity index is 1230. The average Bonchev–Trinajstić information content (AvgIpc) is 3.05. The van der Waals surface area contributed by atoms with E-state index < -0.39 is 0 Å². The van der Waals surface area contributed by atoms with E-state index >= 15 is 0 Å². The van der Waals surface area contributed by atoms with Crippen molar-refractivity contribution in [2.75, 3.05) is 4.90 Å². The van der Waals surface area contributed by atoms with Gasteiger partial charge >= 0.3 is 0 Å². The number of rotatable bonds is 3. The van der Waals surface area contributed by atoms with E-state index in [0.717, 1.165) is 17.2 Å². The maximum Gasteiger partial charge on any atom is 0.236 e. The molecule has 0 radical (unpaired) electrons. The van der Waals surface area contributed by atoms with Gasteiger partial charge in [0.05, 0.1) is 19.5 Å². The Morgan fingerprint density at radius 3 is 1.86 bits per heavy atom. The van der Waals surface area contributed by atoms with E-state index in [1.165, 1.54) is 21.9 Å². The fourth-order valence-corrected chi connectivity index (χ4v) is 4.15. The standard InChI is InChI=1S/C25H22N3/c1-26-23-16-10-9-15-21(23)22-17-18-24(27(2)25(22)26)28(19-11-5-3-6-12-19)20-13-7-4-8-14-20/h3-18H,1-2H3/q+1. The Hall–Kier alpha value is -3.59. The van der Waals surface area contributed by atoms with Gasteiger partial charge in [0, 0.05) is 11.5 Å². The van der Waals surface area contributed by atoms with Crippen LogP contribution in [0.3, 0.4) is 0 Å². The van der Waals surface area contributed by atoms with Crippen LogP contribution in [0, 0.1) is 0 Å². The molecular weight excluding hydrogens is 342 g/mol. The molecule has 0 spiro atoms. The maximum absolute atomic E-state index is 2.30. The first-order chi connectivity index (χ1) is 13.8. The zero-order valence-corrected chi connectivity index (χ0v) is 16.1. The monoisotopic (exact) mass is 364 g/mol. The van der Waals surface area contributed by atoms with Crippen LogP contribution in [0.15, 0.2) is 97.1 Å². The van der Waals surface area contributed by atoms with Crippen LogP contribution in [0.4, 0.5) is 17.2 Å². The Labute approximate surface area is 164 Å². The number of aromatic nitrogens is 2. The summed E-state index contributed by atoms with van der Waals surface area (Å²) in [4.78, 5) is 2.30.